The Bertz CT molecular complexity index is 378. The third-order valence-electron chi connectivity index (χ3n) is 3.25. The highest BCUT2D eigenvalue weighted by Crippen LogP contribution is 2.25. The van der Waals surface area contributed by atoms with Crippen molar-refractivity contribution in [1.29, 1.82) is 0 Å². The molecular formula is C11H20N2O2S2. The van der Waals surface area contributed by atoms with E-state index in [9.17, 15) is 8.42 Å². The Morgan fingerprint density at radius 2 is 1.94 bits per heavy atom. The SMILES string of the molecule is CC(C)S(=O)(=O)NC[C@H]1CC[C@H](N=C=S)CC1. The maximum Gasteiger partial charge on any atom is 0.213 e. The molecule has 17 heavy (non-hydrogen) atoms. The number of nitrogens with zero attached hydrogens (tertiary/aromatic N) is 1. The van der Waals surface area contributed by atoms with Crippen LogP contribution in [0, 0.1) is 5.92 Å². The molecular weight excluding hydrogens is 256 g/mol. The molecule has 0 bridgehead atoms. The van der Waals surface area contributed by atoms with Crippen LogP contribution in [0.25, 0.3) is 0 Å². The number of thiocarbonyl (C=S) groups is 1. The van der Waals surface area contributed by atoms with Crippen molar-refractivity contribution in [3.05, 3.63) is 0 Å². The first kappa shape index (κ1) is 14.8. The molecule has 1 aliphatic carbocycles. The van der Waals surface area contributed by atoms with Gasteiger partial charge in [0, 0.05) is 6.54 Å². The van der Waals surface area contributed by atoms with Crippen LogP contribution >= 0.6 is 12.2 Å². The molecule has 0 radical (unpaired) electrons. The standard InChI is InChI=1S/C11H20N2O2S2/c1-9(2)17(14,15)13-7-10-3-5-11(6-4-10)12-8-16/h9-11,13H,3-7H2,1-2H3/t10-,11-. The second-order valence-corrected chi connectivity index (χ2v) is 7.34. The summed E-state index contributed by atoms with van der Waals surface area (Å²) in [5, 5.41) is 2.06. The lowest BCUT2D eigenvalue weighted by molar-refractivity contribution is 0.328. The summed E-state index contributed by atoms with van der Waals surface area (Å²) in [6, 6.07) is 0.297. The fourth-order valence-electron chi connectivity index (χ4n) is 1.95. The van der Waals surface area contributed by atoms with Crippen molar-refractivity contribution in [2.75, 3.05) is 6.54 Å². The monoisotopic (exact) mass is 276 g/mol. The summed E-state index contributed by atoms with van der Waals surface area (Å²) >= 11 is 4.58. The van der Waals surface area contributed by atoms with Crippen LogP contribution in [0.1, 0.15) is 39.5 Å². The zero-order valence-electron chi connectivity index (χ0n) is 10.3. The van der Waals surface area contributed by atoms with E-state index in [0.717, 1.165) is 25.7 Å². The van der Waals surface area contributed by atoms with Crippen LogP contribution in [0.2, 0.25) is 0 Å². The van der Waals surface area contributed by atoms with Crippen LogP contribution in [-0.2, 0) is 10.0 Å². The number of nitrogens with one attached hydrogen (secondary N) is 1. The van der Waals surface area contributed by atoms with Crippen molar-refractivity contribution in [2.45, 2.75) is 50.8 Å². The van der Waals surface area contributed by atoms with Gasteiger partial charge in [0.25, 0.3) is 0 Å². The molecule has 0 saturated heterocycles. The van der Waals surface area contributed by atoms with E-state index in [1.54, 1.807) is 13.8 Å². The van der Waals surface area contributed by atoms with E-state index in [0.29, 0.717) is 18.5 Å². The Balaban J connectivity index is 2.34. The Morgan fingerprint density at radius 1 is 1.35 bits per heavy atom. The molecule has 1 fully saturated rings. The van der Waals surface area contributed by atoms with Crippen LogP contribution in [0.15, 0.2) is 4.99 Å². The molecule has 0 amide bonds. The van der Waals surface area contributed by atoms with Gasteiger partial charge in [-0.15, -0.1) is 0 Å². The summed E-state index contributed by atoms with van der Waals surface area (Å²) in [6.45, 7) is 3.93. The van der Waals surface area contributed by atoms with Crippen LogP contribution in [-0.4, -0.2) is 31.4 Å². The lowest BCUT2D eigenvalue weighted by Crippen LogP contribution is -2.35. The minimum Gasteiger partial charge on any atom is -0.229 e. The average molecular weight is 276 g/mol. The molecule has 0 aromatic rings. The predicted molar refractivity (Wildman–Crippen MR) is 72.8 cm³/mol. The third-order valence-corrected chi connectivity index (χ3v) is 5.16. The number of hydrogen-bond donors (Lipinski definition) is 1. The predicted octanol–water partition coefficient (Wildman–Crippen LogP) is 1.98. The van der Waals surface area contributed by atoms with Crippen LogP contribution in [0.4, 0.5) is 0 Å². The summed E-state index contributed by atoms with van der Waals surface area (Å²) in [5.74, 6) is 0.431. The van der Waals surface area contributed by atoms with Gasteiger partial charge in [-0.25, -0.2) is 18.1 Å². The molecule has 1 saturated carbocycles. The molecule has 1 aliphatic rings. The zero-order chi connectivity index (χ0) is 12.9. The molecule has 1 rings (SSSR count). The van der Waals surface area contributed by atoms with Crippen LogP contribution in [0.3, 0.4) is 0 Å². The van der Waals surface area contributed by atoms with E-state index in [1.165, 1.54) is 0 Å². The van der Waals surface area contributed by atoms with Gasteiger partial charge in [0.1, 0.15) is 0 Å². The van der Waals surface area contributed by atoms with E-state index in [1.807, 2.05) is 0 Å². The first-order chi connectivity index (χ1) is 7.95. The van der Waals surface area contributed by atoms with Crippen molar-refractivity contribution >= 4 is 27.4 Å². The van der Waals surface area contributed by atoms with E-state index >= 15 is 0 Å². The van der Waals surface area contributed by atoms with Crippen molar-refractivity contribution in [1.82, 2.24) is 4.72 Å². The Hall–Kier alpha value is -0.290. The van der Waals surface area contributed by atoms with Gasteiger partial charge in [-0.05, 0) is 57.7 Å². The van der Waals surface area contributed by atoms with Gasteiger partial charge in [0.2, 0.25) is 10.0 Å². The van der Waals surface area contributed by atoms with Gasteiger partial charge in [0.05, 0.1) is 16.5 Å². The van der Waals surface area contributed by atoms with Crippen LogP contribution < -0.4 is 4.72 Å². The average Bonchev–Trinajstić information content (AvgIpc) is 2.28. The minimum absolute atomic E-state index is 0.297. The van der Waals surface area contributed by atoms with Crippen molar-refractivity contribution in [3.8, 4) is 0 Å². The molecule has 0 aromatic carbocycles. The van der Waals surface area contributed by atoms with Gasteiger partial charge in [-0.1, -0.05) is 0 Å². The molecule has 0 spiro atoms. The number of aliphatic imine (C=N–C) groups is 1. The van der Waals surface area contributed by atoms with Crippen LogP contribution in [0.5, 0.6) is 0 Å². The largest absolute Gasteiger partial charge is 0.229 e. The van der Waals surface area contributed by atoms with Crippen molar-refractivity contribution in [2.24, 2.45) is 10.9 Å². The third kappa shape index (κ3) is 4.84. The number of hydrogen-bond acceptors (Lipinski definition) is 4. The first-order valence-corrected chi connectivity index (χ1v) is 7.96. The fraction of sp³-hybridized carbons (Fsp3) is 0.909. The molecule has 98 valence electrons. The molecule has 4 nitrogen and oxygen atoms in total. The molecule has 0 heterocycles. The quantitative estimate of drug-likeness (QED) is 0.617. The molecule has 1 N–H and O–H groups in total. The van der Waals surface area contributed by atoms with E-state index in [2.05, 4.69) is 27.1 Å². The van der Waals surface area contributed by atoms with Gasteiger partial charge in [-0.2, -0.15) is 0 Å². The fourth-order valence-corrected chi connectivity index (χ4v) is 2.90. The molecule has 0 aliphatic heterocycles. The summed E-state index contributed by atoms with van der Waals surface area (Å²) in [7, 11) is -3.12. The summed E-state index contributed by atoms with van der Waals surface area (Å²) < 4.78 is 25.9. The summed E-state index contributed by atoms with van der Waals surface area (Å²) in [5.41, 5.74) is 0. The smallest absolute Gasteiger partial charge is 0.213 e. The highest BCUT2D eigenvalue weighted by molar-refractivity contribution is 7.90. The van der Waals surface area contributed by atoms with Gasteiger partial charge < -0.3 is 0 Å². The maximum absolute atomic E-state index is 11.6. The molecule has 0 unspecified atom stereocenters. The second-order valence-electron chi connectivity index (χ2n) is 4.84. The molecule has 6 heteroatoms. The Labute approximate surface area is 109 Å². The molecule has 0 aromatic heterocycles. The number of sulfonamides is 1. The van der Waals surface area contributed by atoms with E-state index < -0.39 is 10.0 Å². The second kappa shape index (κ2) is 6.59. The maximum atomic E-state index is 11.6. The van der Waals surface area contributed by atoms with E-state index in [-0.39, 0.29) is 5.25 Å². The topological polar surface area (TPSA) is 58.5 Å². The number of rotatable bonds is 5. The van der Waals surface area contributed by atoms with E-state index in [4.69, 9.17) is 0 Å². The van der Waals surface area contributed by atoms with Gasteiger partial charge in [0.15, 0.2) is 0 Å². The lowest BCUT2D eigenvalue weighted by Gasteiger charge is -2.25. The highest BCUT2D eigenvalue weighted by atomic mass is 32.2. The minimum atomic E-state index is -3.12. The Kier molecular flexibility index (Phi) is 5.73. The number of isothiocyanates is 1. The van der Waals surface area contributed by atoms with Gasteiger partial charge in [-0.3, -0.25) is 0 Å². The normalized spacial score (nSPS) is 25.6. The zero-order valence-corrected chi connectivity index (χ0v) is 12.0. The van der Waals surface area contributed by atoms with Crippen molar-refractivity contribution < 1.29 is 8.42 Å². The molecule has 0 atom stereocenters. The summed E-state index contributed by atoms with van der Waals surface area (Å²) in [6.07, 6.45) is 3.98. The van der Waals surface area contributed by atoms with Crippen molar-refractivity contribution in [3.63, 3.8) is 0 Å². The lowest BCUT2D eigenvalue weighted by atomic mass is 9.86. The van der Waals surface area contributed by atoms with Gasteiger partial charge >= 0.3 is 0 Å². The Morgan fingerprint density at radius 3 is 2.41 bits per heavy atom. The first-order valence-electron chi connectivity index (χ1n) is 6.01. The summed E-state index contributed by atoms with van der Waals surface area (Å²) in [4.78, 5) is 4.08. The highest BCUT2D eigenvalue weighted by Gasteiger charge is 2.23.